The minimum absolute atomic E-state index is 0.602. The van der Waals surface area contributed by atoms with E-state index < -0.39 is 0 Å². The molecule has 1 heterocycles. The van der Waals surface area contributed by atoms with Gasteiger partial charge < -0.3 is 5.32 Å². The fourth-order valence-electron chi connectivity index (χ4n) is 2.18. The Morgan fingerprint density at radius 2 is 1.95 bits per heavy atom. The van der Waals surface area contributed by atoms with Crippen molar-refractivity contribution in [2.45, 2.75) is 33.1 Å². The second-order valence-electron chi connectivity index (χ2n) is 5.56. The molecule has 4 heteroatoms. The lowest BCUT2D eigenvalue weighted by atomic mass is 10.1. The molecule has 1 aromatic heterocycles. The van der Waals surface area contributed by atoms with Crippen LogP contribution in [0.2, 0.25) is 0 Å². The Morgan fingerprint density at radius 1 is 1.20 bits per heavy atom. The van der Waals surface area contributed by atoms with Crippen molar-refractivity contribution in [2.75, 3.05) is 11.9 Å². The highest BCUT2D eigenvalue weighted by atomic mass is 15.3. The number of rotatable bonds is 7. The topological polar surface area (TPSA) is 42.7 Å². The molecule has 0 aliphatic carbocycles. The molecular weight excluding hydrogens is 248 g/mol. The number of hydrogen-bond acceptors (Lipinski definition) is 3. The first-order chi connectivity index (χ1) is 9.65. The number of nitrogens with zero attached hydrogens (tertiary/aromatic N) is 3. The summed E-state index contributed by atoms with van der Waals surface area (Å²) < 4.78 is 1.92. The summed E-state index contributed by atoms with van der Waals surface area (Å²) >= 11 is 0. The lowest BCUT2D eigenvalue weighted by Crippen LogP contribution is -2.06. The number of aryl methyl sites for hydroxylation is 2. The van der Waals surface area contributed by atoms with Crippen molar-refractivity contribution in [2.24, 2.45) is 13.0 Å². The highest BCUT2D eigenvalue weighted by Gasteiger charge is 2.08. The lowest BCUT2D eigenvalue weighted by molar-refractivity contribution is 0.611. The number of nitrogens with one attached hydrogen (secondary N) is 1. The smallest absolute Gasteiger partial charge is 0.151 e. The van der Waals surface area contributed by atoms with Crippen molar-refractivity contribution in [1.82, 2.24) is 14.8 Å². The van der Waals surface area contributed by atoms with E-state index in [0.29, 0.717) is 5.92 Å². The summed E-state index contributed by atoms with van der Waals surface area (Å²) in [5, 5.41) is 7.89. The molecule has 2 rings (SSSR count). The minimum Gasteiger partial charge on any atom is -0.385 e. The summed E-state index contributed by atoms with van der Waals surface area (Å²) in [6.07, 6.45) is 2.97. The molecule has 0 unspecified atom stereocenters. The van der Waals surface area contributed by atoms with Crippen LogP contribution in [0.3, 0.4) is 0 Å². The fourth-order valence-corrected chi connectivity index (χ4v) is 2.18. The minimum atomic E-state index is 0.602. The normalized spacial score (nSPS) is 11.0. The van der Waals surface area contributed by atoms with Gasteiger partial charge >= 0.3 is 0 Å². The van der Waals surface area contributed by atoms with Gasteiger partial charge in [-0.2, -0.15) is 5.10 Å². The predicted octanol–water partition coefficient (Wildman–Crippen LogP) is 3.06. The highest BCUT2D eigenvalue weighted by molar-refractivity contribution is 5.42. The summed E-state index contributed by atoms with van der Waals surface area (Å²) in [6, 6.07) is 10.3. The van der Waals surface area contributed by atoms with Gasteiger partial charge in [0.05, 0.1) is 0 Å². The fraction of sp³-hybridized carbons (Fsp3) is 0.500. The number of para-hydroxylation sites is 1. The standard InChI is InChI=1S/C16H24N4/c1-13(2)12-15-18-16(20(3)19-15)10-7-11-17-14-8-5-4-6-9-14/h4-6,8-9,13,17H,7,10-12H2,1-3H3. The van der Waals surface area contributed by atoms with E-state index >= 15 is 0 Å². The molecule has 1 aromatic carbocycles. The Hall–Kier alpha value is -1.84. The van der Waals surface area contributed by atoms with Gasteiger partial charge in [-0.1, -0.05) is 32.0 Å². The van der Waals surface area contributed by atoms with E-state index in [9.17, 15) is 0 Å². The Balaban J connectivity index is 1.78. The zero-order valence-corrected chi connectivity index (χ0v) is 12.6. The second-order valence-corrected chi connectivity index (χ2v) is 5.56. The summed E-state index contributed by atoms with van der Waals surface area (Å²) in [7, 11) is 1.98. The zero-order chi connectivity index (χ0) is 14.4. The van der Waals surface area contributed by atoms with Gasteiger partial charge in [0.15, 0.2) is 5.82 Å². The summed E-state index contributed by atoms with van der Waals surface area (Å²) in [5.41, 5.74) is 1.17. The van der Waals surface area contributed by atoms with Gasteiger partial charge in [0.25, 0.3) is 0 Å². The second kappa shape index (κ2) is 7.08. The van der Waals surface area contributed by atoms with Gasteiger partial charge in [0.2, 0.25) is 0 Å². The van der Waals surface area contributed by atoms with Crippen LogP contribution in [0.4, 0.5) is 5.69 Å². The molecular formula is C16H24N4. The number of aromatic nitrogens is 3. The quantitative estimate of drug-likeness (QED) is 0.788. The maximum absolute atomic E-state index is 4.62. The van der Waals surface area contributed by atoms with Crippen molar-refractivity contribution in [3.05, 3.63) is 42.0 Å². The first-order valence-corrected chi connectivity index (χ1v) is 7.33. The van der Waals surface area contributed by atoms with Crippen LogP contribution in [0.25, 0.3) is 0 Å². The maximum Gasteiger partial charge on any atom is 0.151 e. The molecule has 0 spiro atoms. The Labute approximate surface area is 121 Å². The first kappa shape index (κ1) is 14.6. The summed E-state index contributed by atoms with van der Waals surface area (Å²) in [5.74, 6) is 2.65. The third-order valence-electron chi connectivity index (χ3n) is 3.17. The SMILES string of the molecule is CC(C)Cc1nc(CCCNc2ccccc2)n(C)n1. The number of hydrogen-bond donors (Lipinski definition) is 1. The third-order valence-corrected chi connectivity index (χ3v) is 3.17. The van der Waals surface area contributed by atoms with Gasteiger partial charge in [-0.15, -0.1) is 0 Å². The van der Waals surface area contributed by atoms with Crippen molar-refractivity contribution in [3.63, 3.8) is 0 Å². The van der Waals surface area contributed by atoms with Crippen molar-refractivity contribution < 1.29 is 0 Å². The monoisotopic (exact) mass is 272 g/mol. The van der Waals surface area contributed by atoms with Crippen molar-refractivity contribution >= 4 is 5.69 Å². The molecule has 20 heavy (non-hydrogen) atoms. The Bertz CT molecular complexity index is 517. The molecule has 2 aromatic rings. The van der Waals surface area contributed by atoms with Crippen LogP contribution in [-0.4, -0.2) is 21.3 Å². The molecule has 4 nitrogen and oxygen atoms in total. The van der Waals surface area contributed by atoms with Gasteiger partial charge in [-0.25, -0.2) is 4.98 Å². The van der Waals surface area contributed by atoms with Crippen LogP contribution in [-0.2, 0) is 19.9 Å². The molecule has 0 fully saturated rings. The third kappa shape index (κ3) is 4.37. The zero-order valence-electron chi connectivity index (χ0n) is 12.6. The van der Waals surface area contributed by atoms with E-state index in [0.717, 1.165) is 37.5 Å². The molecule has 0 atom stereocenters. The van der Waals surface area contributed by atoms with Crippen molar-refractivity contribution in [1.29, 1.82) is 0 Å². The first-order valence-electron chi connectivity index (χ1n) is 7.33. The maximum atomic E-state index is 4.62. The van der Waals surface area contributed by atoms with Crippen LogP contribution in [0.5, 0.6) is 0 Å². The molecule has 0 saturated carbocycles. The number of anilines is 1. The van der Waals surface area contributed by atoms with E-state index in [1.807, 2.05) is 29.9 Å². The average molecular weight is 272 g/mol. The van der Waals surface area contributed by atoms with E-state index in [-0.39, 0.29) is 0 Å². The molecule has 0 aliphatic heterocycles. The van der Waals surface area contributed by atoms with E-state index in [1.54, 1.807) is 0 Å². The molecule has 0 radical (unpaired) electrons. The van der Waals surface area contributed by atoms with Gasteiger partial charge in [-0.05, 0) is 24.5 Å². The Kier molecular flexibility index (Phi) is 5.16. The van der Waals surface area contributed by atoms with Crippen molar-refractivity contribution in [3.8, 4) is 0 Å². The predicted molar refractivity (Wildman–Crippen MR) is 82.8 cm³/mol. The molecule has 1 N–H and O–H groups in total. The van der Waals surface area contributed by atoms with Crippen LogP contribution in [0, 0.1) is 5.92 Å². The van der Waals surface area contributed by atoms with Crippen LogP contribution in [0.1, 0.15) is 31.9 Å². The molecule has 0 aliphatic rings. The molecule has 0 bridgehead atoms. The van der Waals surface area contributed by atoms with E-state index in [1.165, 1.54) is 5.69 Å². The van der Waals surface area contributed by atoms with Crippen LogP contribution in [0.15, 0.2) is 30.3 Å². The van der Waals surface area contributed by atoms with Gasteiger partial charge in [0.1, 0.15) is 5.82 Å². The summed E-state index contributed by atoms with van der Waals surface area (Å²) in [6.45, 7) is 5.34. The lowest BCUT2D eigenvalue weighted by Gasteiger charge is -2.05. The average Bonchev–Trinajstić information content (AvgIpc) is 2.75. The highest BCUT2D eigenvalue weighted by Crippen LogP contribution is 2.08. The largest absolute Gasteiger partial charge is 0.385 e. The van der Waals surface area contributed by atoms with Gasteiger partial charge in [0, 0.05) is 32.1 Å². The summed E-state index contributed by atoms with van der Waals surface area (Å²) in [4.78, 5) is 4.62. The van der Waals surface area contributed by atoms with E-state index in [2.05, 4.69) is 41.4 Å². The molecule has 108 valence electrons. The molecule has 0 saturated heterocycles. The number of benzene rings is 1. The Morgan fingerprint density at radius 3 is 2.65 bits per heavy atom. The molecule has 0 amide bonds. The van der Waals surface area contributed by atoms with Crippen LogP contribution < -0.4 is 5.32 Å². The van der Waals surface area contributed by atoms with Crippen LogP contribution >= 0.6 is 0 Å². The van der Waals surface area contributed by atoms with Gasteiger partial charge in [-0.3, -0.25) is 4.68 Å². The van der Waals surface area contributed by atoms with E-state index in [4.69, 9.17) is 0 Å².